The van der Waals surface area contributed by atoms with Crippen molar-refractivity contribution in [1.29, 1.82) is 0 Å². The largest absolute Gasteiger partial charge is 0.294 e. The molecule has 164 valence electrons. The van der Waals surface area contributed by atoms with E-state index in [9.17, 15) is 0 Å². The number of hydrogen-bond donors (Lipinski definition) is 0. The molecule has 3 aromatic heterocycles. The Morgan fingerprint density at radius 1 is 0.676 bits per heavy atom. The maximum Gasteiger partial charge on any atom is 0.137 e. The number of fused-ring (bicyclic) bond motifs is 3. The van der Waals surface area contributed by atoms with Crippen molar-refractivity contribution < 1.29 is 0 Å². The van der Waals surface area contributed by atoms with Crippen LogP contribution in [0, 0.1) is 13.8 Å². The van der Waals surface area contributed by atoms with Crippen LogP contribution in [-0.2, 0) is 0 Å². The number of para-hydroxylation sites is 1. The van der Waals surface area contributed by atoms with E-state index >= 15 is 0 Å². The lowest BCUT2D eigenvalue weighted by molar-refractivity contribution is 1.05. The number of hydrogen-bond acceptors (Lipinski definition) is 3. The molecule has 3 heterocycles. The highest BCUT2D eigenvalue weighted by Crippen LogP contribution is 2.36. The molecule has 0 fully saturated rings. The second kappa shape index (κ2) is 8.47. The molecule has 0 amide bonds. The molecule has 0 aliphatic carbocycles. The number of pyridine rings is 2. The summed E-state index contributed by atoms with van der Waals surface area (Å²) in [7, 11) is 0. The van der Waals surface area contributed by atoms with E-state index in [0.29, 0.717) is 0 Å². The van der Waals surface area contributed by atoms with Gasteiger partial charge in [0, 0.05) is 27.6 Å². The predicted molar refractivity (Wildman–Crippen MR) is 142 cm³/mol. The van der Waals surface area contributed by atoms with Gasteiger partial charge in [-0.1, -0.05) is 60.3 Å². The smallest absolute Gasteiger partial charge is 0.137 e. The van der Waals surface area contributed by atoms with E-state index in [1.807, 2.05) is 25.3 Å². The van der Waals surface area contributed by atoms with Crippen LogP contribution in [0.15, 0.2) is 113 Å². The molecule has 0 radical (unpaired) electrons. The highest BCUT2D eigenvalue weighted by molar-refractivity contribution is 7.99. The number of rotatable bonds is 4. The minimum Gasteiger partial charge on any atom is -0.294 e. The molecule has 0 spiro atoms. The topological polar surface area (TPSA) is 30.7 Å². The maximum absolute atomic E-state index is 4.84. The molecule has 0 saturated heterocycles. The average Bonchev–Trinajstić information content (AvgIpc) is 3.18. The quantitative estimate of drug-likeness (QED) is 0.269. The first-order chi connectivity index (χ1) is 16.7. The lowest BCUT2D eigenvalue weighted by atomic mass is 10.0. The van der Waals surface area contributed by atoms with Gasteiger partial charge in [0.25, 0.3) is 0 Å². The van der Waals surface area contributed by atoms with Gasteiger partial charge in [0.1, 0.15) is 10.8 Å². The lowest BCUT2D eigenvalue weighted by Gasteiger charge is -2.09. The molecule has 3 aromatic carbocycles. The van der Waals surface area contributed by atoms with E-state index in [1.54, 1.807) is 11.8 Å². The minimum absolute atomic E-state index is 0.943. The van der Waals surface area contributed by atoms with Crippen LogP contribution in [0.1, 0.15) is 11.3 Å². The standard InChI is InChI=1S/C30H23N3S/c1-20-15-16-31-30(17-20)34-24-9-6-8-22(18-24)23-13-14-26-25-10-3-4-11-27(25)33(28(26)19-23)29-12-5-7-21(2)32-29/h3-19H,1-2H3. The van der Waals surface area contributed by atoms with Crippen molar-refractivity contribution in [2.24, 2.45) is 0 Å². The zero-order valence-electron chi connectivity index (χ0n) is 19.1. The van der Waals surface area contributed by atoms with Gasteiger partial charge in [-0.2, -0.15) is 0 Å². The zero-order chi connectivity index (χ0) is 23.1. The Morgan fingerprint density at radius 3 is 2.38 bits per heavy atom. The first-order valence-corrected chi connectivity index (χ1v) is 12.2. The number of aryl methyl sites for hydroxylation is 2. The van der Waals surface area contributed by atoms with Crippen molar-refractivity contribution in [3.05, 3.63) is 115 Å². The van der Waals surface area contributed by atoms with E-state index in [0.717, 1.165) is 22.1 Å². The zero-order valence-corrected chi connectivity index (χ0v) is 19.9. The van der Waals surface area contributed by atoms with Gasteiger partial charge in [-0.25, -0.2) is 9.97 Å². The van der Waals surface area contributed by atoms with Crippen LogP contribution in [0.25, 0.3) is 38.8 Å². The Balaban J connectivity index is 1.49. The van der Waals surface area contributed by atoms with E-state index < -0.39 is 0 Å². The van der Waals surface area contributed by atoms with Gasteiger partial charge in [0.2, 0.25) is 0 Å². The van der Waals surface area contributed by atoms with Crippen LogP contribution in [-0.4, -0.2) is 14.5 Å². The normalized spacial score (nSPS) is 11.4. The third-order valence-electron chi connectivity index (χ3n) is 6.06. The molecule has 0 aliphatic rings. The summed E-state index contributed by atoms with van der Waals surface area (Å²) in [5, 5.41) is 3.48. The number of nitrogens with zero attached hydrogens (tertiary/aromatic N) is 3. The Morgan fingerprint density at radius 2 is 1.50 bits per heavy atom. The van der Waals surface area contributed by atoms with E-state index in [1.165, 1.54) is 37.9 Å². The summed E-state index contributed by atoms with van der Waals surface area (Å²) >= 11 is 1.69. The van der Waals surface area contributed by atoms with Crippen molar-refractivity contribution in [1.82, 2.24) is 14.5 Å². The van der Waals surface area contributed by atoms with Crippen LogP contribution in [0.5, 0.6) is 0 Å². The molecule has 3 nitrogen and oxygen atoms in total. The van der Waals surface area contributed by atoms with Crippen molar-refractivity contribution >= 4 is 33.6 Å². The third kappa shape index (κ3) is 3.76. The highest BCUT2D eigenvalue weighted by Gasteiger charge is 2.14. The van der Waals surface area contributed by atoms with Gasteiger partial charge in [-0.15, -0.1) is 0 Å². The summed E-state index contributed by atoms with van der Waals surface area (Å²) in [5.41, 5.74) is 6.93. The molecule has 0 bridgehead atoms. The van der Waals surface area contributed by atoms with E-state index in [-0.39, 0.29) is 0 Å². The van der Waals surface area contributed by atoms with Crippen LogP contribution in [0.2, 0.25) is 0 Å². The molecule has 0 unspecified atom stereocenters. The molecule has 6 rings (SSSR count). The Kier molecular flexibility index (Phi) is 5.16. The number of benzene rings is 3. The van der Waals surface area contributed by atoms with E-state index in [2.05, 4.69) is 101 Å². The van der Waals surface area contributed by atoms with Crippen LogP contribution < -0.4 is 0 Å². The molecule has 0 aliphatic heterocycles. The minimum atomic E-state index is 0.943. The summed E-state index contributed by atoms with van der Waals surface area (Å²) in [6.07, 6.45) is 1.87. The third-order valence-corrected chi connectivity index (χ3v) is 6.98. The average molecular weight is 458 g/mol. The van der Waals surface area contributed by atoms with Crippen molar-refractivity contribution in [2.45, 2.75) is 23.8 Å². The van der Waals surface area contributed by atoms with Crippen LogP contribution in [0.3, 0.4) is 0 Å². The Bertz CT molecular complexity index is 1670. The second-order valence-electron chi connectivity index (χ2n) is 8.52. The van der Waals surface area contributed by atoms with Crippen molar-refractivity contribution in [3.63, 3.8) is 0 Å². The molecule has 0 saturated carbocycles. The van der Waals surface area contributed by atoms with Crippen molar-refractivity contribution in [2.75, 3.05) is 0 Å². The lowest BCUT2D eigenvalue weighted by Crippen LogP contribution is -1.98. The molecular formula is C30H23N3S. The molecule has 34 heavy (non-hydrogen) atoms. The maximum atomic E-state index is 4.84. The summed E-state index contributed by atoms with van der Waals surface area (Å²) in [4.78, 5) is 10.5. The van der Waals surface area contributed by atoms with Crippen LogP contribution in [0.4, 0.5) is 0 Å². The van der Waals surface area contributed by atoms with Crippen molar-refractivity contribution in [3.8, 4) is 16.9 Å². The Labute approximate surface area is 203 Å². The summed E-state index contributed by atoms with van der Waals surface area (Å²) in [6.45, 7) is 4.13. The molecule has 4 heteroatoms. The fourth-order valence-corrected chi connectivity index (χ4v) is 5.41. The van der Waals surface area contributed by atoms with Crippen LogP contribution >= 0.6 is 11.8 Å². The fourth-order valence-electron chi connectivity index (χ4n) is 4.47. The van der Waals surface area contributed by atoms with Gasteiger partial charge < -0.3 is 0 Å². The molecule has 0 atom stereocenters. The van der Waals surface area contributed by atoms with Gasteiger partial charge in [-0.05, 0) is 79.1 Å². The second-order valence-corrected chi connectivity index (χ2v) is 9.62. The summed E-state index contributed by atoms with van der Waals surface area (Å²) < 4.78 is 2.27. The molecule has 6 aromatic rings. The molecular weight excluding hydrogens is 434 g/mol. The number of aromatic nitrogens is 3. The predicted octanol–water partition coefficient (Wildman–Crippen LogP) is 8.01. The first kappa shape index (κ1) is 20.7. The van der Waals surface area contributed by atoms with Gasteiger partial charge in [0.05, 0.1) is 11.0 Å². The fraction of sp³-hybridized carbons (Fsp3) is 0.0667. The molecule has 0 N–H and O–H groups in total. The summed E-state index contributed by atoms with van der Waals surface area (Å²) in [5.74, 6) is 0.943. The SMILES string of the molecule is Cc1ccnc(Sc2cccc(-c3ccc4c5ccccc5n(-c5cccc(C)n5)c4c3)c2)c1. The highest BCUT2D eigenvalue weighted by atomic mass is 32.2. The van der Waals surface area contributed by atoms with Gasteiger partial charge in [0.15, 0.2) is 0 Å². The van der Waals surface area contributed by atoms with E-state index in [4.69, 9.17) is 4.98 Å². The monoisotopic (exact) mass is 457 g/mol. The summed E-state index contributed by atoms with van der Waals surface area (Å²) in [6, 6.07) is 34.3. The Hall–Kier alpha value is -3.89. The first-order valence-electron chi connectivity index (χ1n) is 11.3. The van der Waals surface area contributed by atoms with Gasteiger partial charge >= 0.3 is 0 Å². The van der Waals surface area contributed by atoms with Gasteiger partial charge in [-0.3, -0.25) is 4.57 Å².